The number of para-hydroxylation sites is 2. The molecule has 2 amide bonds. The Labute approximate surface area is 214 Å². The summed E-state index contributed by atoms with van der Waals surface area (Å²) in [5.41, 5.74) is 4.83. The molecule has 2 heterocycles. The summed E-state index contributed by atoms with van der Waals surface area (Å²) < 4.78 is 5.30. The summed E-state index contributed by atoms with van der Waals surface area (Å²) in [5.74, 6) is -0.0306. The van der Waals surface area contributed by atoms with Gasteiger partial charge in [-0.1, -0.05) is 84.1 Å². The van der Waals surface area contributed by atoms with E-state index in [-0.39, 0.29) is 24.3 Å². The maximum Gasteiger partial charge on any atom is 0.262 e. The van der Waals surface area contributed by atoms with E-state index in [1.54, 1.807) is 19.2 Å². The number of carbonyl (C=O) groups is 2. The van der Waals surface area contributed by atoms with Crippen LogP contribution in [0.3, 0.4) is 0 Å². The number of hydrogen-bond acceptors (Lipinski definition) is 6. The normalized spacial score (nSPS) is 19.2. The fourth-order valence-electron chi connectivity index (χ4n) is 4.26. The highest BCUT2D eigenvalue weighted by atomic mass is 32.2. The molecule has 2 aliphatic rings. The molecular formula is C28H26N4O3S. The van der Waals surface area contributed by atoms with Gasteiger partial charge in [0.1, 0.15) is 11.0 Å². The van der Waals surface area contributed by atoms with Crippen molar-refractivity contribution in [2.24, 2.45) is 10.1 Å². The van der Waals surface area contributed by atoms with Crippen LogP contribution in [0.1, 0.15) is 35.6 Å². The predicted molar refractivity (Wildman–Crippen MR) is 143 cm³/mol. The Bertz CT molecular complexity index is 1340. The molecular weight excluding hydrogens is 472 g/mol. The van der Waals surface area contributed by atoms with Crippen LogP contribution in [0, 0.1) is 6.92 Å². The lowest BCUT2D eigenvalue weighted by molar-refractivity contribution is -0.121. The summed E-state index contributed by atoms with van der Waals surface area (Å²) in [6.07, 6.45) is 0.701. The number of carbonyl (C=O) groups excluding carboxylic acids is 2. The summed E-state index contributed by atoms with van der Waals surface area (Å²) in [6, 6.07) is 25.5. The zero-order valence-electron chi connectivity index (χ0n) is 20.0. The molecule has 8 heteroatoms. The van der Waals surface area contributed by atoms with Gasteiger partial charge in [0, 0.05) is 12.8 Å². The third kappa shape index (κ3) is 5.04. The summed E-state index contributed by atoms with van der Waals surface area (Å²) in [6.45, 7) is 2.05. The molecule has 182 valence electrons. The lowest BCUT2D eigenvalue weighted by Gasteiger charge is -2.23. The first-order valence-corrected chi connectivity index (χ1v) is 12.6. The number of aryl methyl sites for hydroxylation is 1. The molecule has 3 aromatic rings. The molecule has 36 heavy (non-hydrogen) atoms. The Morgan fingerprint density at radius 3 is 2.53 bits per heavy atom. The Morgan fingerprint density at radius 1 is 1.06 bits per heavy atom. The van der Waals surface area contributed by atoms with Crippen LogP contribution in [0.4, 0.5) is 5.69 Å². The molecule has 1 N–H and O–H groups in total. The summed E-state index contributed by atoms with van der Waals surface area (Å²) in [5, 5.41) is 9.48. The number of anilines is 1. The topological polar surface area (TPSA) is 83.4 Å². The molecule has 0 radical (unpaired) electrons. The van der Waals surface area contributed by atoms with E-state index in [0.717, 1.165) is 16.8 Å². The van der Waals surface area contributed by atoms with E-state index in [9.17, 15) is 9.59 Å². The van der Waals surface area contributed by atoms with Crippen LogP contribution < -0.4 is 10.1 Å². The van der Waals surface area contributed by atoms with E-state index in [2.05, 4.69) is 41.5 Å². The van der Waals surface area contributed by atoms with Gasteiger partial charge in [-0.15, -0.1) is 0 Å². The van der Waals surface area contributed by atoms with Crippen LogP contribution >= 0.6 is 11.8 Å². The first-order valence-electron chi connectivity index (χ1n) is 11.7. The number of hydrazone groups is 1. The van der Waals surface area contributed by atoms with Crippen molar-refractivity contribution in [1.82, 2.24) is 5.01 Å². The van der Waals surface area contributed by atoms with Crippen molar-refractivity contribution < 1.29 is 14.3 Å². The van der Waals surface area contributed by atoms with Crippen LogP contribution in [0.5, 0.6) is 5.75 Å². The highest BCUT2D eigenvalue weighted by Crippen LogP contribution is 2.38. The number of amidine groups is 1. The fraction of sp³-hybridized carbons (Fsp3) is 0.214. The quantitative estimate of drug-likeness (QED) is 0.506. The third-order valence-electron chi connectivity index (χ3n) is 6.16. The number of aliphatic imine (C=N–C) groups is 1. The first-order chi connectivity index (χ1) is 17.5. The predicted octanol–water partition coefficient (Wildman–Crippen LogP) is 5.18. The third-order valence-corrected chi connectivity index (χ3v) is 7.30. The van der Waals surface area contributed by atoms with Gasteiger partial charge < -0.3 is 10.1 Å². The summed E-state index contributed by atoms with van der Waals surface area (Å²) in [7, 11) is 1.55. The Balaban J connectivity index is 1.34. The van der Waals surface area contributed by atoms with E-state index in [4.69, 9.17) is 9.84 Å². The second-order valence-electron chi connectivity index (χ2n) is 8.68. The van der Waals surface area contributed by atoms with Gasteiger partial charge in [-0.3, -0.25) is 9.59 Å². The molecule has 5 rings (SSSR count). The second-order valence-corrected chi connectivity index (χ2v) is 9.85. The van der Waals surface area contributed by atoms with Crippen molar-refractivity contribution in [1.29, 1.82) is 0 Å². The van der Waals surface area contributed by atoms with Gasteiger partial charge in [0.15, 0.2) is 5.17 Å². The molecule has 0 aliphatic carbocycles. The number of thioether (sulfide) groups is 1. The van der Waals surface area contributed by atoms with Crippen molar-refractivity contribution in [2.75, 3.05) is 12.4 Å². The Hall–Kier alpha value is -3.91. The van der Waals surface area contributed by atoms with E-state index >= 15 is 0 Å². The van der Waals surface area contributed by atoms with E-state index in [1.807, 2.05) is 47.5 Å². The van der Waals surface area contributed by atoms with Crippen molar-refractivity contribution in [2.45, 2.75) is 31.1 Å². The SMILES string of the molecule is COc1ccccc1NC(=O)C[C@@H]1SC(N2N=C(c3ccccc3)C[C@@H]2c2ccc(C)cc2)=NC1=O. The van der Waals surface area contributed by atoms with Crippen LogP contribution in [0.15, 0.2) is 89.0 Å². The minimum atomic E-state index is -0.607. The number of amides is 2. The molecule has 0 bridgehead atoms. The second kappa shape index (κ2) is 10.4. The lowest BCUT2D eigenvalue weighted by atomic mass is 9.98. The zero-order chi connectivity index (χ0) is 25.1. The van der Waals surface area contributed by atoms with Crippen molar-refractivity contribution in [3.05, 3.63) is 95.6 Å². The van der Waals surface area contributed by atoms with E-state index in [0.29, 0.717) is 23.0 Å². The Kier molecular flexibility index (Phi) is 6.86. The molecule has 0 unspecified atom stereocenters. The van der Waals surface area contributed by atoms with Gasteiger partial charge in [0.2, 0.25) is 5.91 Å². The van der Waals surface area contributed by atoms with Gasteiger partial charge in [0.25, 0.3) is 5.91 Å². The molecule has 0 spiro atoms. The summed E-state index contributed by atoms with van der Waals surface area (Å²) in [4.78, 5) is 29.9. The molecule has 7 nitrogen and oxygen atoms in total. The van der Waals surface area contributed by atoms with Gasteiger partial charge in [-0.05, 0) is 30.2 Å². The lowest BCUT2D eigenvalue weighted by Crippen LogP contribution is -2.25. The van der Waals surface area contributed by atoms with Gasteiger partial charge in [-0.25, -0.2) is 5.01 Å². The number of nitrogens with zero attached hydrogens (tertiary/aromatic N) is 3. The molecule has 0 saturated heterocycles. The van der Waals surface area contributed by atoms with Crippen LogP contribution in [-0.4, -0.2) is 40.1 Å². The van der Waals surface area contributed by atoms with Crippen molar-refractivity contribution in [3.8, 4) is 5.75 Å². The maximum absolute atomic E-state index is 12.8. The van der Waals surface area contributed by atoms with Gasteiger partial charge in [0.05, 0.1) is 24.6 Å². The smallest absolute Gasteiger partial charge is 0.262 e. The molecule has 0 saturated carbocycles. The average molecular weight is 499 g/mol. The monoisotopic (exact) mass is 498 g/mol. The zero-order valence-corrected chi connectivity index (χ0v) is 20.9. The summed E-state index contributed by atoms with van der Waals surface area (Å²) >= 11 is 1.29. The molecule has 2 atom stereocenters. The number of hydrogen-bond donors (Lipinski definition) is 1. The highest BCUT2D eigenvalue weighted by Gasteiger charge is 2.39. The molecule has 0 aromatic heterocycles. The minimum absolute atomic E-state index is 0.00679. The van der Waals surface area contributed by atoms with E-state index < -0.39 is 5.25 Å². The number of benzene rings is 3. The average Bonchev–Trinajstić information content (AvgIpc) is 3.49. The molecule has 2 aliphatic heterocycles. The minimum Gasteiger partial charge on any atom is -0.495 e. The molecule has 3 aromatic carbocycles. The van der Waals surface area contributed by atoms with Gasteiger partial charge >= 0.3 is 0 Å². The van der Waals surface area contributed by atoms with Crippen LogP contribution in [0.2, 0.25) is 0 Å². The van der Waals surface area contributed by atoms with Crippen LogP contribution in [0.25, 0.3) is 0 Å². The number of methoxy groups -OCH3 is 1. The van der Waals surface area contributed by atoms with E-state index in [1.165, 1.54) is 17.3 Å². The fourth-order valence-corrected chi connectivity index (χ4v) is 5.32. The van der Waals surface area contributed by atoms with Crippen molar-refractivity contribution in [3.63, 3.8) is 0 Å². The number of rotatable bonds is 6. The first kappa shape index (κ1) is 23.8. The van der Waals surface area contributed by atoms with Gasteiger partial charge in [-0.2, -0.15) is 10.1 Å². The standard InChI is InChI=1S/C28H26N4O3S/c1-18-12-14-20(15-13-18)23-16-22(19-8-4-3-5-9-19)31-32(23)28-30-27(34)25(36-28)17-26(33)29-21-10-6-7-11-24(21)35-2/h3-15,23,25H,16-17H2,1-2H3,(H,29,33)/t23-,25+/m1/s1. The number of ether oxygens (including phenoxy) is 1. The highest BCUT2D eigenvalue weighted by molar-refractivity contribution is 8.15. The largest absolute Gasteiger partial charge is 0.495 e. The van der Waals surface area contributed by atoms with Crippen molar-refractivity contribution >= 4 is 40.1 Å². The van der Waals surface area contributed by atoms with Crippen LogP contribution in [-0.2, 0) is 9.59 Å². The Morgan fingerprint density at radius 2 is 1.78 bits per heavy atom. The maximum atomic E-state index is 12.8. The number of nitrogens with one attached hydrogen (secondary N) is 1. The molecule has 0 fully saturated rings.